The molecule has 0 spiro atoms. The van der Waals surface area contributed by atoms with Crippen molar-refractivity contribution in [1.29, 1.82) is 0 Å². The van der Waals surface area contributed by atoms with Crippen LogP contribution in [0.1, 0.15) is 23.0 Å². The molecule has 1 aromatic heterocycles. The molecule has 28 heavy (non-hydrogen) atoms. The molecule has 0 aliphatic carbocycles. The molecule has 0 unspecified atom stereocenters. The fraction of sp³-hybridized carbons (Fsp3) is 0.400. The molecule has 148 valence electrons. The molecule has 2 aliphatic heterocycles. The molecular formula is C20H24N4O4. The van der Waals surface area contributed by atoms with Crippen molar-refractivity contribution >= 4 is 11.9 Å². The molecule has 0 saturated carbocycles. The van der Waals surface area contributed by atoms with Crippen LogP contribution in [0.2, 0.25) is 0 Å². The second-order valence-corrected chi connectivity index (χ2v) is 6.61. The predicted molar refractivity (Wildman–Crippen MR) is 104 cm³/mol. The number of carbonyl (C=O) groups excluding carboxylic acids is 1. The molecule has 1 amide bonds. The van der Waals surface area contributed by atoms with Crippen molar-refractivity contribution in [1.82, 2.24) is 15.1 Å². The van der Waals surface area contributed by atoms with Crippen LogP contribution in [-0.4, -0.2) is 61.2 Å². The summed E-state index contributed by atoms with van der Waals surface area (Å²) in [5.41, 5.74) is 1.06. The summed E-state index contributed by atoms with van der Waals surface area (Å²) in [6.45, 7) is 6.36. The average molecular weight is 384 g/mol. The molecule has 4 rings (SSSR count). The standard InChI is InChI=1S/C20H24N4O4/c1-2-21-20(22-13-15-5-6-16-18(12-15)28-14-27-16)24-9-7-23(8-10-24)19(25)17-4-3-11-26-17/h3-6,11-12H,2,7-10,13-14H2,1H3,(H,21,22). The molecule has 0 bridgehead atoms. The SMILES string of the molecule is CCNC(=NCc1ccc2c(c1)OCO2)N1CCN(C(=O)c2ccco2)CC1. The van der Waals surface area contributed by atoms with Crippen molar-refractivity contribution in [2.45, 2.75) is 13.5 Å². The van der Waals surface area contributed by atoms with Gasteiger partial charge in [-0.25, -0.2) is 4.99 Å². The molecule has 1 N–H and O–H groups in total. The highest BCUT2D eigenvalue weighted by Crippen LogP contribution is 2.32. The van der Waals surface area contributed by atoms with Crippen LogP contribution in [0.15, 0.2) is 46.0 Å². The highest BCUT2D eigenvalue weighted by molar-refractivity contribution is 5.91. The van der Waals surface area contributed by atoms with Crippen LogP contribution in [0.4, 0.5) is 0 Å². The second-order valence-electron chi connectivity index (χ2n) is 6.61. The van der Waals surface area contributed by atoms with E-state index in [2.05, 4.69) is 10.2 Å². The molecule has 8 nitrogen and oxygen atoms in total. The molecule has 3 heterocycles. The Labute approximate surface area is 163 Å². The average Bonchev–Trinajstić information content (AvgIpc) is 3.42. The molecule has 2 aliphatic rings. The monoisotopic (exact) mass is 384 g/mol. The molecule has 2 aromatic rings. The van der Waals surface area contributed by atoms with Gasteiger partial charge >= 0.3 is 0 Å². The Balaban J connectivity index is 1.38. The summed E-state index contributed by atoms with van der Waals surface area (Å²) in [5, 5.41) is 3.34. The molecule has 1 saturated heterocycles. The molecule has 1 aromatic carbocycles. The van der Waals surface area contributed by atoms with Crippen LogP contribution in [0.3, 0.4) is 0 Å². The van der Waals surface area contributed by atoms with Gasteiger partial charge in [0.2, 0.25) is 6.79 Å². The molecular weight excluding hydrogens is 360 g/mol. The Hall–Kier alpha value is -3.16. The Morgan fingerprint density at radius 2 is 1.89 bits per heavy atom. The summed E-state index contributed by atoms with van der Waals surface area (Å²) in [5.74, 6) is 2.72. The van der Waals surface area contributed by atoms with Crippen LogP contribution in [-0.2, 0) is 6.54 Å². The number of nitrogens with one attached hydrogen (secondary N) is 1. The Morgan fingerprint density at radius 3 is 2.64 bits per heavy atom. The van der Waals surface area contributed by atoms with Crippen molar-refractivity contribution in [3.63, 3.8) is 0 Å². The summed E-state index contributed by atoms with van der Waals surface area (Å²) in [7, 11) is 0. The number of piperazine rings is 1. The summed E-state index contributed by atoms with van der Waals surface area (Å²) < 4.78 is 16.0. The lowest BCUT2D eigenvalue weighted by atomic mass is 10.2. The van der Waals surface area contributed by atoms with E-state index in [9.17, 15) is 4.79 Å². The number of hydrogen-bond donors (Lipinski definition) is 1. The fourth-order valence-corrected chi connectivity index (χ4v) is 3.31. The third kappa shape index (κ3) is 3.90. The minimum Gasteiger partial charge on any atom is -0.459 e. The maximum atomic E-state index is 12.4. The maximum absolute atomic E-state index is 12.4. The van der Waals surface area contributed by atoms with Crippen molar-refractivity contribution in [3.8, 4) is 11.5 Å². The summed E-state index contributed by atoms with van der Waals surface area (Å²) in [6, 6.07) is 9.32. The van der Waals surface area contributed by atoms with E-state index < -0.39 is 0 Å². The summed E-state index contributed by atoms with van der Waals surface area (Å²) in [6.07, 6.45) is 1.52. The van der Waals surface area contributed by atoms with Gasteiger partial charge < -0.3 is 29.0 Å². The second kappa shape index (κ2) is 8.24. The highest BCUT2D eigenvalue weighted by atomic mass is 16.7. The first-order valence-corrected chi connectivity index (χ1v) is 9.49. The number of aliphatic imine (C=N–C) groups is 1. The highest BCUT2D eigenvalue weighted by Gasteiger charge is 2.25. The van der Waals surface area contributed by atoms with Gasteiger partial charge in [0, 0.05) is 32.7 Å². The molecule has 0 radical (unpaired) electrons. The largest absolute Gasteiger partial charge is 0.459 e. The van der Waals surface area contributed by atoms with E-state index >= 15 is 0 Å². The first-order chi connectivity index (χ1) is 13.7. The topological polar surface area (TPSA) is 79.5 Å². The van der Waals surface area contributed by atoms with E-state index in [1.807, 2.05) is 30.0 Å². The number of amides is 1. The van der Waals surface area contributed by atoms with Crippen LogP contribution >= 0.6 is 0 Å². The lowest BCUT2D eigenvalue weighted by molar-refractivity contribution is 0.0657. The van der Waals surface area contributed by atoms with Crippen molar-refractivity contribution in [3.05, 3.63) is 47.9 Å². The van der Waals surface area contributed by atoms with E-state index in [1.54, 1.807) is 12.1 Å². The minimum atomic E-state index is -0.0630. The van der Waals surface area contributed by atoms with Gasteiger partial charge in [-0.15, -0.1) is 0 Å². The Bertz CT molecular complexity index is 842. The number of benzene rings is 1. The minimum absolute atomic E-state index is 0.0630. The maximum Gasteiger partial charge on any atom is 0.289 e. The van der Waals surface area contributed by atoms with Gasteiger partial charge in [0.05, 0.1) is 12.8 Å². The Kier molecular flexibility index (Phi) is 5.36. The number of nitrogens with zero attached hydrogens (tertiary/aromatic N) is 3. The van der Waals surface area contributed by atoms with Gasteiger partial charge in [0.25, 0.3) is 5.91 Å². The van der Waals surface area contributed by atoms with E-state index in [1.165, 1.54) is 6.26 Å². The van der Waals surface area contributed by atoms with E-state index in [4.69, 9.17) is 18.9 Å². The van der Waals surface area contributed by atoms with Gasteiger partial charge in [0.1, 0.15) is 0 Å². The lowest BCUT2D eigenvalue weighted by Crippen LogP contribution is -2.53. The van der Waals surface area contributed by atoms with Gasteiger partial charge in [-0.2, -0.15) is 0 Å². The zero-order chi connectivity index (χ0) is 19.3. The molecule has 8 heteroatoms. The van der Waals surface area contributed by atoms with Gasteiger partial charge in [-0.05, 0) is 36.8 Å². The third-order valence-electron chi connectivity index (χ3n) is 4.78. The smallest absolute Gasteiger partial charge is 0.289 e. The van der Waals surface area contributed by atoms with E-state index in [-0.39, 0.29) is 12.7 Å². The number of hydrogen-bond acceptors (Lipinski definition) is 5. The number of fused-ring (bicyclic) bond motifs is 1. The Morgan fingerprint density at radius 1 is 1.11 bits per heavy atom. The summed E-state index contributed by atoms with van der Waals surface area (Å²) >= 11 is 0. The van der Waals surface area contributed by atoms with Crippen LogP contribution in [0, 0.1) is 0 Å². The number of ether oxygens (including phenoxy) is 2. The van der Waals surface area contributed by atoms with Gasteiger partial charge in [0.15, 0.2) is 23.2 Å². The van der Waals surface area contributed by atoms with E-state index in [0.29, 0.717) is 25.4 Å². The van der Waals surface area contributed by atoms with Crippen molar-refractivity contribution in [2.24, 2.45) is 4.99 Å². The van der Waals surface area contributed by atoms with Crippen LogP contribution < -0.4 is 14.8 Å². The van der Waals surface area contributed by atoms with Gasteiger partial charge in [-0.1, -0.05) is 6.07 Å². The number of carbonyl (C=O) groups is 1. The quantitative estimate of drug-likeness (QED) is 0.641. The summed E-state index contributed by atoms with van der Waals surface area (Å²) in [4.78, 5) is 21.2. The first-order valence-electron chi connectivity index (χ1n) is 9.49. The number of rotatable bonds is 4. The molecule has 1 fully saturated rings. The molecule has 0 atom stereocenters. The predicted octanol–water partition coefficient (Wildman–Crippen LogP) is 1.93. The van der Waals surface area contributed by atoms with Crippen molar-refractivity contribution in [2.75, 3.05) is 39.5 Å². The van der Waals surface area contributed by atoms with Crippen LogP contribution in [0.5, 0.6) is 11.5 Å². The third-order valence-corrected chi connectivity index (χ3v) is 4.78. The number of guanidine groups is 1. The number of furan rings is 1. The zero-order valence-corrected chi connectivity index (χ0v) is 15.9. The lowest BCUT2D eigenvalue weighted by Gasteiger charge is -2.36. The normalized spacial score (nSPS) is 16.4. The fourth-order valence-electron chi connectivity index (χ4n) is 3.31. The van der Waals surface area contributed by atoms with E-state index in [0.717, 1.165) is 42.7 Å². The van der Waals surface area contributed by atoms with Gasteiger partial charge in [-0.3, -0.25) is 4.79 Å². The zero-order valence-electron chi connectivity index (χ0n) is 15.9. The van der Waals surface area contributed by atoms with Crippen LogP contribution in [0.25, 0.3) is 0 Å². The first kappa shape index (κ1) is 18.2. The van der Waals surface area contributed by atoms with Crippen molar-refractivity contribution < 1.29 is 18.7 Å².